The molecular weight excluding hydrogens is 295 g/mol. The Bertz CT molecular complexity index is 751. The first kappa shape index (κ1) is 14.1. The van der Waals surface area contributed by atoms with E-state index in [0.29, 0.717) is 6.54 Å². The molecule has 112 valence electrons. The predicted molar refractivity (Wildman–Crippen MR) is 76.7 cm³/mol. The van der Waals surface area contributed by atoms with Crippen molar-refractivity contribution in [1.82, 2.24) is 9.88 Å². The summed E-state index contributed by atoms with van der Waals surface area (Å²) in [5, 5.41) is 1.06. The molecule has 1 aromatic heterocycles. The largest absolute Gasteiger partial charge is 0.357 e. The topological polar surface area (TPSA) is 70.2 Å². The van der Waals surface area contributed by atoms with Gasteiger partial charge in [0.05, 0.1) is 12.3 Å². The van der Waals surface area contributed by atoms with Crippen LogP contribution in [0.3, 0.4) is 0 Å². The molecule has 1 fully saturated rings. The number of nitrogens with zero attached hydrogens (tertiary/aromatic N) is 1. The lowest BCUT2D eigenvalue weighted by Gasteiger charge is -2.15. The molecule has 21 heavy (non-hydrogen) atoms. The summed E-state index contributed by atoms with van der Waals surface area (Å²) in [6.07, 6.45) is 0.0867. The number of H-pyrrole nitrogens is 1. The summed E-state index contributed by atoms with van der Waals surface area (Å²) in [5.74, 6) is -1.18. The van der Waals surface area contributed by atoms with Gasteiger partial charge in [-0.2, -0.15) is 8.42 Å². The fraction of sp³-hybridized carbons (Fsp3) is 0.357. The van der Waals surface area contributed by atoms with Crippen molar-refractivity contribution in [2.75, 3.05) is 12.3 Å². The molecule has 1 aromatic carbocycles. The number of carbonyl (C=O) groups excluding carboxylic acids is 1. The molecule has 1 N–H and O–H groups in total. The van der Waals surface area contributed by atoms with Gasteiger partial charge in [0.1, 0.15) is 0 Å². The fourth-order valence-electron chi connectivity index (χ4n) is 2.82. The number of amides is 1. The van der Waals surface area contributed by atoms with Crippen LogP contribution in [0.4, 0.5) is 3.89 Å². The number of hydrogen-bond acceptors (Lipinski definition) is 3. The summed E-state index contributed by atoms with van der Waals surface area (Å²) in [6.45, 7) is 0.660. The van der Waals surface area contributed by atoms with E-state index in [9.17, 15) is 17.1 Å². The normalized spacial score (nSPS) is 19.6. The molecule has 1 unspecified atom stereocenters. The van der Waals surface area contributed by atoms with E-state index < -0.39 is 21.9 Å². The average Bonchev–Trinajstić information content (AvgIpc) is 2.91. The third-order valence-corrected chi connectivity index (χ3v) is 4.55. The lowest BCUT2D eigenvalue weighted by Crippen LogP contribution is -2.25. The van der Waals surface area contributed by atoms with Gasteiger partial charge in [-0.1, -0.05) is 18.2 Å². The molecule has 3 rings (SSSR count). The molecule has 1 amide bonds. The first-order chi connectivity index (χ1) is 9.90. The van der Waals surface area contributed by atoms with Crippen molar-refractivity contribution in [2.24, 2.45) is 5.92 Å². The number of aromatic nitrogens is 1. The number of aromatic amines is 1. The summed E-state index contributed by atoms with van der Waals surface area (Å²) in [5.41, 5.74) is 1.87. The molecule has 0 aliphatic carbocycles. The number of para-hydroxylation sites is 1. The summed E-state index contributed by atoms with van der Waals surface area (Å²) in [4.78, 5) is 16.7. The minimum absolute atomic E-state index is 0.0867. The van der Waals surface area contributed by atoms with Gasteiger partial charge in [0.2, 0.25) is 5.91 Å². The van der Waals surface area contributed by atoms with Gasteiger partial charge in [0, 0.05) is 30.1 Å². The number of fused-ring (bicyclic) bond motifs is 1. The Labute approximate surface area is 122 Å². The van der Waals surface area contributed by atoms with Crippen LogP contribution in [0.15, 0.2) is 30.3 Å². The zero-order valence-electron chi connectivity index (χ0n) is 11.3. The predicted octanol–water partition coefficient (Wildman–Crippen LogP) is 1.82. The van der Waals surface area contributed by atoms with Crippen molar-refractivity contribution in [1.29, 1.82) is 0 Å². The highest BCUT2D eigenvalue weighted by Crippen LogP contribution is 2.23. The maximum atomic E-state index is 12.7. The molecular formula is C14H15FN2O3S. The minimum atomic E-state index is -4.53. The number of likely N-dealkylation sites (tertiary alicyclic amines) is 1. The van der Waals surface area contributed by atoms with Crippen molar-refractivity contribution < 1.29 is 17.1 Å². The Morgan fingerprint density at radius 1 is 1.33 bits per heavy atom. The van der Waals surface area contributed by atoms with Crippen LogP contribution in [0.2, 0.25) is 0 Å². The second-order valence-corrected chi connectivity index (χ2v) is 6.84. The second kappa shape index (κ2) is 5.14. The van der Waals surface area contributed by atoms with Crippen molar-refractivity contribution in [3.8, 4) is 0 Å². The van der Waals surface area contributed by atoms with Gasteiger partial charge in [-0.15, -0.1) is 3.89 Å². The zero-order valence-corrected chi connectivity index (χ0v) is 12.1. The molecule has 2 heterocycles. The van der Waals surface area contributed by atoms with E-state index in [2.05, 4.69) is 4.98 Å². The van der Waals surface area contributed by atoms with Crippen LogP contribution in [0.1, 0.15) is 12.1 Å². The second-order valence-electron chi connectivity index (χ2n) is 5.43. The third kappa shape index (κ3) is 3.24. The van der Waals surface area contributed by atoms with Gasteiger partial charge >= 0.3 is 10.2 Å². The van der Waals surface area contributed by atoms with Gasteiger partial charge < -0.3 is 9.88 Å². The van der Waals surface area contributed by atoms with Crippen molar-refractivity contribution in [3.05, 3.63) is 36.0 Å². The van der Waals surface area contributed by atoms with Crippen LogP contribution < -0.4 is 0 Å². The fourth-order valence-corrected chi connectivity index (χ4v) is 3.61. The Morgan fingerprint density at radius 3 is 2.81 bits per heavy atom. The van der Waals surface area contributed by atoms with Gasteiger partial charge in [-0.25, -0.2) is 0 Å². The Kier molecular flexibility index (Phi) is 3.44. The van der Waals surface area contributed by atoms with Gasteiger partial charge in [-0.05, 0) is 17.5 Å². The van der Waals surface area contributed by atoms with E-state index in [-0.39, 0.29) is 18.9 Å². The average molecular weight is 310 g/mol. The molecule has 2 aromatic rings. The van der Waals surface area contributed by atoms with E-state index in [1.165, 1.54) is 0 Å². The smallest absolute Gasteiger partial charge is 0.302 e. The Balaban J connectivity index is 1.71. The lowest BCUT2D eigenvalue weighted by molar-refractivity contribution is -0.128. The molecule has 0 radical (unpaired) electrons. The maximum absolute atomic E-state index is 12.7. The van der Waals surface area contributed by atoms with Crippen LogP contribution in [-0.2, 0) is 21.6 Å². The molecule has 7 heteroatoms. The summed E-state index contributed by atoms with van der Waals surface area (Å²) >= 11 is 0. The number of rotatable bonds is 4. The SMILES string of the molecule is O=C1CC(CS(=O)(=O)F)CN1Cc1cc2ccccc2[nH]1. The van der Waals surface area contributed by atoms with Crippen molar-refractivity contribution in [2.45, 2.75) is 13.0 Å². The molecule has 5 nitrogen and oxygen atoms in total. The van der Waals surface area contributed by atoms with Crippen molar-refractivity contribution in [3.63, 3.8) is 0 Å². The van der Waals surface area contributed by atoms with Crippen LogP contribution in [0.5, 0.6) is 0 Å². The van der Waals surface area contributed by atoms with Gasteiger partial charge in [0.25, 0.3) is 0 Å². The monoisotopic (exact) mass is 310 g/mol. The number of benzene rings is 1. The standard InChI is InChI=1S/C14H15FN2O3S/c15-21(19,20)9-10-5-14(18)17(7-10)8-12-6-11-3-1-2-4-13(11)16-12/h1-4,6,10,16H,5,7-9H2. The quantitative estimate of drug-likeness (QED) is 0.876. The molecule has 0 bridgehead atoms. The highest BCUT2D eigenvalue weighted by molar-refractivity contribution is 7.86. The molecule has 0 saturated carbocycles. The summed E-state index contributed by atoms with van der Waals surface area (Å²) < 4.78 is 34.0. The van der Waals surface area contributed by atoms with Gasteiger partial charge in [-0.3, -0.25) is 4.79 Å². The third-order valence-electron chi connectivity index (χ3n) is 3.68. The summed E-state index contributed by atoms with van der Waals surface area (Å²) in [6, 6.07) is 9.74. The maximum Gasteiger partial charge on any atom is 0.302 e. The molecule has 1 aliphatic heterocycles. The van der Waals surface area contributed by atoms with Crippen LogP contribution in [0.25, 0.3) is 10.9 Å². The van der Waals surface area contributed by atoms with E-state index in [0.717, 1.165) is 16.6 Å². The number of carbonyl (C=O) groups is 1. The first-order valence-corrected chi connectivity index (χ1v) is 8.23. The van der Waals surface area contributed by atoms with E-state index in [4.69, 9.17) is 0 Å². The number of halogens is 1. The Morgan fingerprint density at radius 2 is 2.10 bits per heavy atom. The van der Waals surface area contributed by atoms with Crippen LogP contribution in [0, 0.1) is 5.92 Å². The molecule has 1 atom stereocenters. The highest BCUT2D eigenvalue weighted by Gasteiger charge is 2.32. The lowest BCUT2D eigenvalue weighted by atomic mass is 10.1. The van der Waals surface area contributed by atoms with Crippen LogP contribution >= 0.6 is 0 Å². The van der Waals surface area contributed by atoms with Crippen LogP contribution in [-0.4, -0.2) is 36.5 Å². The first-order valence-electron chi connectivity index (χ1n) is 6.67. The number of nitrogens with one attached hydrogen (secondary N) is 1. The highest BCUT2D eigenvalue weighted by atomic mass is 32.3. The van der Waals surface area contributed by atoms with E-state index in [1.54, 1.807) is 4.90 Å². The molecule has 0 spiro atoms. The zero-order chi connectivity index (χ0) is 15.0. The molecule has 1 saturated heterocycles. The summed E-state index contributed by atoms with van der Waals surface area (Å²) in [7, 11) is -4.53. The minimum Gasteiger partial charge on any atom is -0.357 e. The number of hydrogen-bond donors (Lipinski definition) is 1. The van der Waals surface area contributed by atoms with E-state index in [1.807, 2.05) is 30.3 Å². The molecule has 1 aliphatic rings. The van der Waals surface area contributed by atoms with Gasteiger partial charge in [0.15, 0.2) is 0 Å². The van der Waals surface area contributed by atoms with Crippen molar-refractivity contribution >= 4 is 27.0 Å². The Hall–Kier alpha value is -1.89. The van der Waals surface area contributed by atoms with E-state index >= 15 is 0 Å².